The van der Waals surface area contributed by atoms with E-state index in [-0.39, 0.29) is 5.56 Å². The summed E-state index contributed by atoms with van der Waals surface area (Å²) in [5, 5.41) is 0.592. The van der Waals surface area contributed by atoms with Gasteiger partial charge < -0.3 is 4.98 Å². The van der Waals surface area contributed by atoms with E-state index in [1.807, 2.05) is 0 Å². The summed E-state index contributed by atoms with van der Waals surface area (Å²) in [4.78, 5) is 13.8. The summed E-state index contributed by atoms with van der Waals surface area (Å²) in [6.45, 7) is 0. The number of halogens is 1. The molecule has 1 aromatic carbocycles. The summed E-state index contributed by atoms with van der Waals surface area (Å²) >= 11 is 5.91. The van der Waals surface area contributed by atoms with Gasteiger partial charge in [-0.15, -0.1) is 6.42 Å². The molecule has 2 aromatic rings. The highest BCUT2D eigenvalue weighted by Crippen LogP contribution is 2.25. The van der Waals surface area contributed by atoms with Crippen molar-refractivity contribution in [1.29, 1.82) is 0 Å². The molecule has 0 aliphatic heterocycles. The molecule has 0 aliphatic carbocycles. The van der Waals surface area contributed by atoms with Crippen LogP contribution < -0.4 is 5.56 Å². The first-order chi connectivity index (χ1) is 7.70. The van der Waals surface area contributed by atoms with Gasteiger partial charge in [0.1, 0.15) is 0 Å². The van der Waals surface area contributed by atoms with Gasteiger partial charge in [-0.2, -0.15) is 0 Å². The molecule has 0 aliphatic rings. The zero-order valence-corrected chi connectivity index (χ0v) is 9.08. The second kappa shape index (κ2) is 4.26. The Hall–Kier alpha value is -1.98. The van der Waals surface area contributed by atoms with Crippen LogP contribution in [-0.2, 0) is 0 Å². The van der Waals surface area contributed by atoms with Crippen molar-refractivity contribution in [2.45, 2.75) is 0 Å². The third-order valence-corrected chi connectivity index (χ3v) is 2.46. The number of aromatic amines is 1. The van der Waals surface area contributed by atoms with Gasteiger partial charge in [0.2, 0.25) is 5.56 Å². The Morgan fingerprint density at radius 2 is 2.06 bits per heavy atom. The molecule has 2 rings (SSSR count). The Morgan fingerprint density at radius 1 is 1.25 bits per heavy atom. The predicted octanol–water partition coefficient (Wildman–Crippen LogP) is 2.68. The Labute approximate surface area is 97.9 Å². The van der Waals surface area contributed by atoms with E-state index >= 15 is 0 Å². The lowest BCUT2D eigenvalue weighted by Crippen LogP contribution is -2.02. The molecular weight excluding hydrogens is 222 g/mol. The number of hydrogen-bond donors (Lipinski definition) is 1. The monoisotopic (exact) mass is 229 g/mol. The van der Waals surface area contributed by atoms with Gasteiger partial charge in [-0.05, 0) is 35.4 Å². The minimum atomic E-state index is -0.166. The van der Waals surface area contributed by atoms with Crippen LogP contribution in [0.4, 0.5) is 0 Å². The van der Waals surface area contributed by atoms with Gasteiger partial charge in [-0.3, -0.25) is 4.79 Å². The molecule has 1 heterocycles. The molecule has 0 spiro atoms. The van der Waals surface area contributed by atoms with Crippen molar-refractivity contribution in [3.8, 4) is 23.5 Å². The normalized spacial score (nSPS) is 9.75. The minimum absolute atomic E-state index is 0.166. The molecule has 0 atom stereocenters. The first-order valence-electron chi connectivity index (χ1n) is 4.66. The average Bonchev–Trinajstić information content (AvgIpc) is 2.29. The zero-order chi connectivity index (χ0) is 11.5. The van der Waals surface area contributed by atoms with Gasteiger partial charge >= 0.3 is 0 Å². The number of hydrogen-bond acceptors (Lipinski definition) is 1. The van der Waals surface area contributed by atoms with E-state index in [0.29, 0.717) is 5.02 Å². The molecule has 2 nitrogen and oxygen atoms in total. The lowest BCUT2D eigenvalue weighted by atomic mass is 10.0. The second-order valence-corrected chi connectivity index (χ2v) is 3.71. The van der Waals surface area contributed by atoms with E-state index in [1.165, 1.54) is 6.07 Å². The van der Waals surface area contributed by atoms with Crippen LogP contribution in [0, 0.1) is 12.3 Å². The molecule has 16 heavy (non-hydrogen) atoms. The van der Waals surface area contributed by atoms with E-state index in [0.717, 1.165) is 16.7 Å². The van der Waals surface area contributed by atoms with Crippen molar-refractivity contribution >= 4 is 11.6 Å². The average molecular weight is 230 g/mol. The van der Waals surface area contributed by atoms with E-state index < -0.39 is 0 Å². The largest absolute Gasteiger partial charge is 0.329 e. The van der Waals surface area contributed by atoms with Gasteiger partial charge in [-0.1, -0.05) is 17.5 Å². The van der Waals surface area contributed by atoms with Crippen LogP contribution in [0.5, 0.6) is 0 Å². The maximum atomic E-state index is 11.2. The molecular formula is C13H8ClNO. The fourth-order valence-electron chi connectivity index (χ4n) is 1.49. The van der Waals surface area contributed by atoms with Crippen molar-refractivity contribution < 1.29 is 0 Å². The molecule has 0 saturated carbocycles. The van der Waals surface area contributed by atoms with Gasteiger partial charge in [-0.25, -0.2) is 0 Å². The standard InChI is InChI=1S/C13H8ClNO/c1-2-9-3-4-11(14)8-12(9)10-5-6-15-13(16)7-10/h1,3-8H,(H,15,16). The smallest absolute Gasteiger partial charge is 0.248 e. The minimum Gasteiger partial charge on any atom is -0.329 e. The lowest BCUT2D eigenvalue weighted by molar-refractivity contribution is 1.24. The lowest BCUT2D eigenvalue weighted by Gasteiger charge is -2.04. The van der Waals surface area contributed by atoms with Gasteiger partial charge in [0.25, 0.3) is 0 Å². The molecule has 0 saturated heterocycles. The first kappa shape index (κ1) is 10.5. The number of H-pyrrole nitrogens is 1. The maximum Gasteiger partial charge on any atom is 0.248 e. The third-order valence-electron chi connectivity index (χ3n) is 2.22. The topological polar surface area (TPSA) is 32.9 Å². The summed E-state index contributed by atoms with van der Waals surface area (Å²) in [6, 6.07) is 8.53. The molecule has 0 amide bonds. The second-order valence-electron chi connectivity index (χ2n) is 3.28. The number of terminal acetylenes is 1. The van der Waals surface area contributed by atoms with E-state index in [4.69, 9.17) is 18.0 Å². The molecule has 78 valence electrons. The Kier molecular flexibility index (Phi) is 2.80. The summed E-state index contributed by atoms with van der Waals surface area (Å²) in [6.07, 6.45) is 6.98. The fraction of sp³-hybridized carbons (Fsp3) is 0. The van der Waals surface area contributed by atoms with Crippen LogP contribution in [0.2, 0.25) is 5.02 Å². The van der Waals surface area contributed by atoms with Crippen LogP contribution >= 0.6 is 11.6 Å². The number of benzene rings is 1. The van der Waals surface area contributed by atoms with Crippen LogP contribution in [0.1, 0.15) is 5.56 Å². The Morgan fingerprint density at radius 3 is 2.75 bits per heavy atom. The SMILES string of the molecule is C#Cc1ccc(Cl)cc1-c1cc[nH]c(=O)c1. The molecule has 0 bridgehead atoms. The zero-order valence-electron chi connectivity index (χ0n) is 8.33. The number of nitrogens with one attached hydrogen (secondary N) is 1. The highest BCUT2D eigenvalue weighted by atomic mass is 35.5. The van der Waals surface area contributed by atoms with Gasteiger partial charge in [0.05, 0.1) is 0 Å². The third kappa shape index (κ3) is 2.00. The molecule has 3 heteroatoms. The van der Waals surface area contributed by atoms with Crippen LogP contribution in [0.25, 0.3) is 11.1 Å². The number of rotatable bonds is 1. The highest BCUT2D eigenvalue weighted by Gasteiger charge is 2.04. The molecule has 1 N–H and O–H groups in total. The van der Waals surface area contributed by atoms with E-state index in [2.05, 4.69) is 10.9 Å². The first-order valence-corrected chi connectivity index (χ1v) is 5.04. The Balaban J connectivity index is 2.68. The summed E-state index contributed by atoms with van der Waals surface area (Å²) in [5.41, 5.74) is 2.11. The van der Waals surface area contributed by atoms with E-state index in [1.54, 1.807) is 30.5 Å². The Bertz CT molecular complexity index is 622. The van der Waals surface area contributed by atoms with Crippen molar-refractivity contribution in [3.63, 3.8) is 0 Å². The van der Waals surface area contributed by atoms with Crippen LogP contribution in [-0.4, -0.2) is 4.98 Å². The van der Waals surface area contributed by atoms with E-state index in [9.17, 15) is 4.79 Å². The van der Waals surface area contributed by atoms with Crippen molar-refractivity contribution in [3.05, 3.63) is 57.5 Å². The molecule has 1 aromatic heterocycles. The van der Waals surface area contributed by atoms with Crippen molar-refractivity contribution in [1.82, 2.24) is 4.98 Å². The molecule has 0 unspecified atom stereocenters. The predicted molar refractivity (Wildman–Crippen MR) is 65.4 cm³/mol. The molecule has 0 radical (unpaired) electrons. The number of aromatic nitrogens is 1. The van der Waals surface area contributed by atoms with Crippen molar-refractivity contribution in [2.24, 2.45) is 0 Å². The number of pyridine rings is 1. The summed E-state index contributed by atoms with van der Waals surface area (Å²) in [5.74, 6) is 2.57. The molecule has 0 fully saturated rings. The highest BCUT2D eigenvalue weighted by molar-refractivity contribution is 6.30. The summed E-state index contributed by atoms with van der Waals surface area (Å²) in [7, 11) is 0. The summed E-state index contributed by atoms with van der Waals surface area (Å²) < 4.78 is 0. The van der Waals surface area contributed by atoms with Crippen LogP contribution in [0.3, 0.4) is 0 Å². The fourth-order valence-corrected chi connectivity index (χ4v) is 1.67. The van der Waals surface area contributed by atoms with Gasteiger partial charge in [0.15, 0.2) is 0 Å². The quantitative estimate of drug-likeness (QED) is 0.750. The maximum absolute atomic E-state index is 11.2. The van der Waals surface area contributed by atoms with Gasteiger partial charge in [0, 0.05) is 22.8 Å². The van der Waals surface area contributed by atoms with Crippen LogP contribution in [0.15, 0.2) is 41.3 Å². The van der Waals surface area contributed by atoms with Crippen molar-refractivity contribution in [2.75, 3.05) is 0 Å².